The molecule has 1 aromatic rings. The van der Waals surface area contributed by atoms with E-state index in [1.54, 1.807) is 30.3 Å². The first-order chi connectivity index (χ1) is 9.97. The van der Waals surface area contributed by atoms with Gasteiger partial charge >= 0.3 is 6.03 Å². The van der Waals surface area contributed by atoms with Crippen LogP contribution >= 0.6 is 0 Å². The molecule has 0 aliphatic carbocycles. The standard InChI is InChI=1S/C15H19N3O3/c1-3-9(2)11(16)13(19)12-14(20)18(15(21)17-12)10-7-5-4-6-8-10/h4-9,11-12H,3,16H2,1-2H3,(H,17,21)/t9-,11-,12?/m0/s1. The van der Waals surface area contributed by atoms with Crippen molar-refractivity contribution in [2.75, 3.05) is 4.90 Å². The van der Waals surface area contributed by atoms with Crippen molar-refractivity contribution in [2.45, 2.75) is 32.4 Å². The van der Waals surface area contributed by atoms with Gasteiger partial charge in [0, 0.05) is 0 Å². The molecule has 21 heavy (non-hydrogen) atoms. The van der Waals surface area contributed by atoms with Crippen LogP contribution in [0.15, 0.2) is 30.3 Å². The number of carbonyl (C=O) groups excluding carboxylic acids is 3. The quantitative estimate of drug-likeness (QED) is 0.626. The highest BCUT2D eigenvalue weighted by Gasteiger charge is 2.45. The van der Waals surface area contributed by atoms with Crippen molar-refractivity contribution < 1.29 is 14.4 Å². The molecule has 1 unspecified atom stereocenters. The van der Waals surface area contributed by atoms with Crippen molar-refractivity contribution >= 4 is 23.4 Å². The van der Waals surface area contributed by atoms with E-state index in [2.05, 4.69) is 5.32 Å². The third kappa shape index (κ3) is 2.80. The predicted octanol–water partition coefficient (Wildman–Crippen LogP) is 1.05. The van der Waals surface area contributed by atoms with Crippen LogP contribution in [0.2, 0.25) is 0 Å². The second-order valence-electron chi connectivity index (χ2n) is 5.21. The number of amides is 3. The number of para-hydroxylation sites is 1. The Morgan fingerprint density at radius 2 is 1.95 bits per heavy atom. The van der Waals surface area contributed by atoms with Crippen molar-refractivity contribution in [1.82, 2.24) is 5.32 Å². The molecule has 2 rings (SSSR count). The summed E-state index contributed by atoms with van der Waals surface area (Å²) in [7, 11) is 0. The largest absolute Gasteiger partial charge is 0.329 e. The fourth-order valence-corrected chi connectivity index (χ4v) is 2.22. The Morgan fingerprint density at radius 3 is 2.52 bits per heavy atom. The molecule has 6 heteroatoms. The molecule has 1 aliphatic rings. The smallest absolute Gasteiger partial charge is 0.321 e. The Bertz CT molecular complexity index is 559. The van der Waals surface area contributed by atoms with Crippen LogP contribution in [0.1, 0.15) is 20.3 Å². The molecule has 6 nitrogen and oxygen atoms in total. The Kier molecular flexibility index (Phi) is 4.37. The number of hydrogen-bond acceptors (Lipinski definition) is 4. The lowest BCUT2D eigenvalue weighted by molar-refractivity contribution is -0.129. The van der Waals surface area contributed by atoms with Gasteiger partial charge in [0.2, 0.25) is 0 Å². The minimum absolute atomic E-state index is 0.0482. The molecule has 1 aliphatic heterocycles. The van der Waals surface area contributed by atoms with E-state index in [-0.39, 0.29) is 5.92 Å². The van der Waals surface area contributed by atoms with Crippen LogP contribution in [-0.2, 0) is 9.59 Å². The van der Waals surface area contributed by atoms with Crippen molar-refractivity contribution in [3.05, 3.63) is 30.3 Å². The summed E-state index contributed by atoms with van der Waals surface area (Å²) >= 11 is 0. The molecule has 0 bridgehead atoms. The number of anilines is 1. The maximum absolute atomic E-state index is 12.3. The monoisotopic (exact) mass is 289 g/mol. The Balaban J connectivity index is 2.21. The first-order valence-corrected chi connectivity index (χ1v) is 6.96. The number of Topliss-reactive ketones (excluding diaryl/α,β-unsaturated/α-hetero) is 1. The van der Waals surface area contributed by atoms with Gasteiger partial charge in [-0.2, -0.15) is 0 Å². The minimum Gasteiger partial charge on any atom is -0.321 e. The molecule has 3 amide bonds. The Morgan fingerprint density at radius 1 is 1.33 bits per heavy atom. The molecule has 3 atom stereocenters. The van der Waals surface area contributed by atoms with Gasteiger partial charge in [0.15, 0.2) is 11.8 Å². The maximum Gasteiger partial charge on any atom is 0.329 e. The molecule has 0 aromatic heterocycles. The summed E-state index contributed by atoms with van der Waals surface area (Å²) in [4.78, 5) is 37.6. The molecule has 112 valence electrons. The number of hydrogen-bond donors (Lipinski definition) is 2. The molecule has 0 radical (unpaired) electrons. The van der Waals surface area contributed by atoms with Crippen LogP contribution in [0.25, 0.3) is 0 Å². The molecule has 3 N–H and O–H groups in total. The van der Waals surface area contributed by atoms with E-state index in [1.165, 1.54) is 0 Å². The Labute approximate surface area is 123 Å². The number of rotatable bonds is 5. The number of nitrogens with two attached hydrogens (primary N) is 1. The number of nitrogens with zero attached hydrogens (tertiary/aromatic N) is 1. The van der Waals surface area contributed by atoms with Crippen molar-refractivity contribution in [3.63, 3.8) is 0 Å². The van der Waals surface area contributed by atoms with E-state index < -0.39 is 29.8 Å². The van der Waals surface area contributed by atoms with Gasteiger partial charge < -0.3 is 11.1 Å². The predicted molar refractivity (Wildman–Crippen MR) is 78.7 cm³/mol. The zero-order valence-corrected chi connectivity index (χ0v) is 12.1. The number of urea groups is 1. The highest BCUT2D eigenvalue weighted by atomic mass is 16.2. The van der Waals surface area contributed by atoms with E-state index in [0.717, 1.165) is 11.3 Å². The fourth-order valence-electron chi connectivity index (χ4n) is 2.22. The SMILES string of the molecule is CC[C@H](C)[C@H](N)C(=O)C1NC(=O)N(c2ccccc2)C1=O. The first kappa shape index (κ1) is 15.2. The van der Waals surface area contributed by atoms with Crippen molar-refractivity contribution in [1.29, 1.82) is 0 Å². The zero-order valence-electron chi connectivity index (χ0n) is 12.1. The summed E-state index contributed by atoms with van der Waals surface area (Å²) in [6.45, 7) is 3.77. The number of nitrogens with one attached hydrogen (secondary N) is 1. The highest BCUT2D eigenvalue weighted by molar-refractivity contribution is 6.28. The lowest BCUT2D eigenvalue weighted by Crippen LogP contribution is -2.49. The summed E-state index contributed by atoms with van der Waals surface area (Å²) < 4.78 is 0. The highest BCUT2D eigenvalue weighted by Crippen LogP contribution is 2.20. The maximum atomic E-state index is 12.3. The molecule has 1 heterocycles. The lowest BCUT2D eigenvalue weighted by atomic mass is 9.92. The summed E-state index contributed by atoms with van der Waals surface area (Å²) in [6, 6.07) is 5.94. The normalized spacial score (nSPS) is 21.1. The van der Waals surface area contributed by atoms with Crippen LogP contribution in [0.3, 0.4) is 0 Å². The van der Waals surface area contributed by atoms with E-state index >= 15 is 0 Å². The van der Waals surface area contributed by atoms with Gasteiger partial charge in [-0.25, -0.2) is 9.69 Å². The molecule has 1 fully saturated rings. The molecule has 1 aromatic carbocycles. The molecule has 0 spiro atoms. The van der Waals surface area contributed by atoms with Crippen molar-refractivity contribution in [3.8, 4) is 0 Å². The minimum atomic E-state index is -1.19. The summed E-state index contributed by atoms with van der Waals surface area (Å²) in [5.74, 6) is -1.07. The van der Waals surface area contributed by atoms with E-state index in [4.69, 9.17) is 5.73 Å². The van der Waals surface area contributed by atoms with Crippen LogP contribution in [0, 0.1) is 5.92 Å². The van der Waals surface area contributed by atoms with Gasteiger partial charge in [0.25, 0.3) is 5.91 Å². The number of benzene rings is 1. The number of carbonyl (C=O) groups is 3. The van der Waals surface area contributed by atoms with E-state index in [1.807, 2.05) is 13.8 Å². The lowest BCUT2D eigenvalue weighted by Gasteiger charge is -2.19. The second-order valence-corrected chi connectivity index (χ2v) is 5.21. The third-order valence-corrected chi connectivity index (χ3v) is 3.82. The summed E-state index contributed by atoms with van der Waals surface area (Å²) in [5, 5.41) is 2.42. The first-order valence-electron chi connectivity index (χ1n) is 6.96. The topological polar surface area (TPSA) is 92.5 Å². The van der Waals surface area contributed by atoms with Crippen molar-refractivity contribution in [2.24, 2.45) is 11.7 Å². The van der Waals surface area contributed by atoms with Gasteiger partial charge in [-0.1, -0.05) is 38.5 Å². The third-order valence-electron chi connectivity index (χ3n) is 3.82. The van der Waals surface area contributed by atoms with Crippen LogP contribution in [-0.4, -0.2) is 29.8 Å². The Hall–Kier alpha value is -2.21. The van der Waals surface area contributed by atoms with Gasteiger partial charge in [-0.3, -0.25) is 9.59 Å². The second kappa shape index (κ2) is 6.05. The molecule has 1 saturated heterocycles. The zero-order chi connectivity index (χ0) is 15.6. The number of imide groups is 1. The van der Waals surface area contributed by atoms with Gasteiger partial charge in [-0.15, -0.1) is 0 Å². The van der Waals surface area contributed by atoms with Crippen LogP contribution in [0.4, 0.5) is 10.5 Å². The van der Waals surface area contributed by atoms with Crippen LogP contribution < -0.4 is 16.0 Å². The number of ketones is 1. The average molecular weight is 289 g/mol. The van der Waals surface area contributed by atoms with Gasteiger partial charge in [-0.05, 0) is 18.1 Å². The fraction of sp³-hybridized carbons (Fsp3) is 0.400. The van der Waals surface area contributed by atoms with Gasteiger partial charge in [0.05, 0.1) is 11.7 Å². The van der Waals surface area contributed by atoms with Crippen LogP contribution in [0.5, 0.6) is 0 Å². The molecular formula is C15H19N3O3. The molecule has 0 saturated carbocycles. The van der Waals surface area contributed by atoms with Gasteiger partial charge in [0.1, 0.15) is 0 Å². The van der Waals surface area contributed by atoms with E-state index in [0.29, 0.717) is 5.69 Å². The summed E-state index contributed by atoms with van der Waals surface area (Å²) in [6.07, 6.45) is 0.726. The summed E-state index contributed by atoms with van der Waals surface area (Å²) in [5.41, 5.74) is 6.31. The van der Waals surface area contributed by atoms with E-state index in [9.17, 15) is 14.4 Å². The molecular weight excluding hydrogens is 270 g/mol. The average Bonchev–Trinajstić information content (AvgIpc) is 2.80.